The zero-order valence-electron chi connectivity index (χ0n) is 14.5. The maximum absolute atomic E-state index is 14.0. The largest absolute Gasteiger partial charge is 0.444 e. The van der Waals surface area contributed by atoms with Crippen molar-refractivity contribution in [3.05, 3.63) is 47.8 Å². The molecule has 1 aliphatic heterocycles. The van der Waals surface area contributed by atoms with E-state index in [9.17, 15) is 9.18 Å². The predicted molar refractivity (Wildman–Crippen MR) is 93.7 cm³/mol. The minimum absolute atomic E-state index is 0.180. The Hall–Kier alpha value is -2.10. The zero-order chi connectivity index (χ0) is 17.3. The van der Waals surface area contributed by atoms with Crippen LogP contribution in [-0.2, 0) is 4.74 Å². The Kier molecular flexibility index (Phi) is 4.48. The molecule has 1 saturated heterocycles. The van der Waals surface area contributed by atoms with Crippen LogP contribution < -0.4 is 0 Å². The molecule has 1 amide bonds. The number of benzene rings is 2. The van der Waals surface area contributed by atoms with Crippen LogP contribution >= 0.6 is 0 Å². The van der Waals surface area contributed by atoms with E-state index >= 15 is 0 Å². The van der Waals surface area contributed by atoms with Crippen LogP contribution in [0.3, 0.4) is 0 Å². The lowest BCUT2D eigenvalue weighted by molar-refractivity contribution is 0.0205. The summed E-state index contributed by atoms with van der Waals surface area (Å²) >= 11 is 0. The molecule has 2 aromatic carbocycles. The maximum atomic E-state index is 14.0. The summed E-state index contributed by atoms with van der Waals surface area (Å²) in [5.41, 5.74) is 0.706. The van der Waals surface area contributed by atoms with Gasteiger partial charge < -0.3 is 9.64 Å². The topological polar surface area (TPSA) is 29.5 Å². The highest BCUT2D eigenvalue weighted by atomic mass is 19.1. The number of fused-ring (bicyclic) bond motifs is 1. The molecular formula is C20H24FNO2. The van der Waals surface area contributed by atoms with Gasteiger partial charge in [0.1, 0.15) is 11.4 Å². The van der Waals surface area contributed by atoms with Crippen LogP contribution in [0.4, 0.5) is 9.18 Å². The fourth-order valence-electron chi connectivity index (χ4n) is 3.34. The normalized spacial score (nSPS) is 16.4. The van der Waals surface area contributed by atoms with E-state index in [-0.39, 0.29) is 11.9 Å². The van der Waals surface area contributed by atoms with Crippen LogP contribution in [0.2, 0.25) is 0 Å². The summed E-state index contributed by atoms with van der Waals surface area (Å²) in [5, 5.41) is 1.65. The SMILES string of the molecule is CC(C)(C)OC(=O)N1CCC(c2ccc(F)c3ccccc23)CC1. The van der Waals surface area contributed by atoms with Gasteiger partial charge in [0.05, 0.1) is 0 Å². The second-order valence-corrected chi connectivity index (χ2v) is 7.42. The Morgan fingerprint density at radius 3 is 2.33 bits per heavy atom. The summed E-state index contributed by atoms with van der Waals surface area (Å²) in [4.78, 5) is 13.9. The monoisotopic (exact) mass is 329 g/mol. The third-order valence-corrected chi connectivity index (χ3v) is 4.49. The van der Waals surface area contributed by atoms with E-state index in [1.54, 1.807) is 11.0 Å². The van der Waals surface area contributed by atoms with Gasteiger partial charge in [-0.1, -0.05) is 30.3 Å². The summed E-state index contributed by atoms with van der Waals surface area (Å²) < 4.78 is 19.4. The number of carbonyl (C=O) groups is 1. The Balaban J connectivity index is 1.74. The number of piperidine rings is 1. The minimum atomic E-state index is -0.471. The minimum Gasteiger partial charge on any atom is -0.444 e. The van der Waals surface area contributed by atoms with Gasteiger partial charge >= 0.3 is 6.09 Å². The van der Waals surface area contributed by atoms with Crippen molar-refractivity contribution in [3.8, 4) is 0 Å². The highest BCUT2D eigenvalue weighted by Crippen LogP contribution is 2.34. The quantitative estimate of drug-likeness (QED) is 0.729. The lowest BCUT2D eigenvalue weighted by Crippen LogP contribution is -2.41. The van der Waals surface area contributed by atoms with Gasteiger partial charge in [-0.2, -0.15) is 0 Å². The van der Waals surface area contributed by atoms with E-state index in [4.69, 9.17) is 4.74 Å². The molecule has 128 valence electrons. The van der Waals surface area contributed by atoms with Crippen LogP contribution in [0.1, 0.15) is 45.1 Å². The lowest BCUT2D eigenvalue weighted by Gasteiger charge is -2.34. The molecule has 0 atom stereocenters. The number of amides is 1. The number of hydrogen-bond donors (Lipinski definition) is 0. The molecule has 2 aromatic rings. The van der Waals surface area contributed by atoms with Crippen molar-refractivity contribution < 1.29 is 13.9 Å². The van der Waals surface area contributed by atoms with Crippen molar-refractivity contribution >= 4 is 16.9 Å². The summed E-state index contributed by atoms with van der Waals surface area (Å²) in [5.74, 6) is 0.162. The second-order valence-electron chi connectivity index (χ2n) is 7.42. The van der Waals surface area contributed by atoms with E-state index in [1.807, 2.05) is 51.1 Å². The van der Waals surface area contributed by atoms with E-state index in [2.05, 4.69) is 0 Å². The smallest absolute Gasteiger partial charge is 0.410 e. The van der Waals surface area contributed by atoms with Crippen molar-refractivity contribution in [1.82, 2.24) is 4.90 Å². The lowest BCUT2D eigenvalue weighted by atomic mass is 9.86. The van der Waals surface area contributed by atoms with Crippen LogP contribution in [-0.4, -0.2) is 29.7 Å². The summed E-state index contributed by atoms with van der Waals surface area (Å²) in [7, 11) is 0. The van der Waals surface area contributed by atoms with Gasteiger partial charge in [-0.3, -0.25) is 0 Å². The van der Waals surface area contributed by atoms with Crippen LogP contribution in [0.5, 0.6) is 0 Å². The first kappa shape index (κ1) is 16.7. The van der Waals surface area contributed by atoms with E-state index in [0.29, 0.717) is 24.4 Å². The van der Waals surface area contributed by atoms with E-state index in [1.165, 1.54) is 5.56 Å². The fraction of sp³-hybridized carbons (Fsp3) is 0.450. The molecule has 0 radical (unpaired) electrons. The number of likely N-dealkylation sites (tertiary alicyclic amines) is 1. The van der Waals surface area contributed by atoms with Gasteiger partial charge in [0, 0.05) is 18.5 Å². The standard InChI is InChI=1S/C20H24FNO2/c1-20(2,3)24-19(23)22-12-10-14(11-13-22)15-8-9-18(21)17-7-5-4-6-16(15)17/h4-9,14H,10-13H2,1-3H3. The van der Waals surface area contributed by atoms with E-state index < -0.39 is 5.60 Å². The number of halogens is 1. The first-order valence-electron chi connectivity index (χ1n) is 8.50. The molecule has 0 N–H and O–H groups in total. The van der Waals surface area contributed by atoms with Gasteiger partial charge in [0.15, 0.2) is 0 Å². The van der Waals surface area contributed by atoms with Crippen LogP contribution in [0.15, 0.2) is 36.4 Å². The predicted octanol–water partition coefficient (Wildman–Crippen LogP) is 5.09. The first-order valence-corrected chi connectivity index (χ1v) is 8.50. The van der Waals surface area contributed by atoms with Crippen molar-refractivity contribution in [2.75, 3.05) is 13.1 Å². The molecule has 1 aliphatic rings. The molecular weight excluding hydrogens is 305 g/mol. The van der Waals surface area contributed by atoms with Crippen molar-refractivity contribution in [2.24, 2.45) is 0 Å². The maximum Gasteiger partial charge on any atom is 0.410 e. The highest BCUT2D eigenvalue weighted by Gasteiger charge is 2.28. The number of carbonyl (C=O) groups excluding carboxylic acids is 1. The average molecular weight is 329 g/mol. The molecule has 0 saturated carbocycles. The molecule has 24 heavy (non-hydrogen) atoms. The molecule has 0 aromatic heterocycles. The molecule has 0 unspecified atom stereocenters. The van der Waals surface area contributed by atoms with Crippen LogP contribution in [0, 0.1) is 5.82 Å². The molecule has 1 heterocycles. The molecule has 0 aliphatic carbocycles. The Bertz CT molecular complexity index is 743. The molecule has 3 rings (SSSR count). The van der Waals surface area contributed by atoms with Crippen molar-refractivity contribution in [1.29, 1.82) is 0 Å². The number of rotatable bonds is 1. The second kappa shape index (κ2) is 6.42. The molecule has 0 bridgehead atoms. The summed E-state index contributed by atoms with van der Waals surface area (Å²) in [6.07, 6.45) is 1.49. The summed E-state index contributed by atoms with van der Waals surface area (Å²) in [6.45, 7) is 6.98. The van der Waals surface area contributed by atoms with Gasteiger partial charge in [-0.05, 0) is 56.5 Å². The summed E-state index contributed by atoms with van der Waals surface area (Å²) in [6, 6.07) is 11.1. The molecule has 4 heteroatoms. The third kappa shape index (κ3) is 3.53. The van der Waals surface area contributed by atoms with Gasteiger partial charge in [-0.15, -0.1) is 0 Å². The Morgan fingerprint density at radius 2 is 1.71 bits per heavy atom. The highest BCUT2D eigenvalue weighted by molar-refractivity contribution is 5.86. The number of ether oxygens (including phenoxy) is 1. The van der Waals surface area contributed by atoms with Crippen molar-refractivity contribution in [3.63, 3.8) is 0 Å². The van der Waals surface area contributed by atoms with Crippen LogP contribution in [0.25, 0.3) is 10.8 Å². The average Bonchev–Trinajstić information content (AvgIpc) is 2.54. The Morgan fingerprint density at radius 1 is 1.08 bits per heavy atom. The first-order chi connectivity index (χ1) is 11.3. The number of nitrogens with zero attached hydrogens (tertiary/aromatic N) is 1. The van der Waals surface area contributed by atoms with Gasteiger partial charge in [0.25, 0.3) is 0 Å². The van der Waals surface area contributed by atoms with Crippen molar-refractivity contribution in [2.45, 2.75) is 45.1 Å². The Labute approximate surface area is 142 Å². The third-order valence-electron chi connectivity index (χ3n) is 4.49. The molecule has 3 nitrogen and oxygen atoms in total. The van der Waals surface area contributed by atoms with Gasteiger partial charge in [0.2, 0.25) is 0 Å². The fourth-order valence-corrected chi connectivity index (χ4v) is 3.34. The van der Waals surface area contributed by atoms with E-state index in [0.717, 1.165) is 18.2 Å². The molecule has 1 fully saturated rings. The number of hydrogen-bond acceptors (Lipinski definition) is 2. The molecule has 0 spiro atoms. The zero-order valence-corrected chi connectivity index (χ0v) is 14.5. The van der Waals surface area contributed by atoms with Gasteiger partial charge in [-0.25, -0.2) is 9.18 Å².